The summed E-state index contributed by atoms with van der Waals surface area (Å²) in [5, 5.41) is 2.91. The van der Waals surface area contributed by atoms with Gasteiger partial charge >= 0.3 is 0 Å². The summed E-state index contributed by atoms with van der Waals surface area (Å²) in [6.07, 6.45) is 1.78. The summed E-state index contributed by atoms with van der Waals surface area (Å²) in [7, 11) is -3.82. The lowest BCUT2D eigenvalue weighted by atomic mass is 10.1. The Bertz CT molecular complexity index is 1180. The number of benzene rings is 2. The third-order valence-electron chi connectivity index (χ3n) is 6.09. The van der Waals surface area contributed by atoms with Crippen molar-refractivity contribution in [3.8, 4) is 11.5 Å². The average Bonchev–Trinajstić information content (AvgIpc) is 3.28. The van der Waals surface area contributed by atoms with Gasteiger partial charge in [-0.25, -0.2) is 8.42 Å². The van der Waals surface area contributed by atoms with Crippen molar-refractivity contribution in [2.24, 2.45) is 0 Å². The molecule has 1 N–H and O–H groups in total. The molecule has 2 aromatic rings. The number of ether oxygens (including phenoxy) is 2. The first-order valence-corrected chi connectivity index (χ1v) is 13.4. The predicted molar refractivity (Wildman–Crippen MR) is 134 cm³/mol. The van der Waals surface area contributed by atoms with Crippen LogP contribution >= 0.6 is 0 Å². The van der Waals surface area contributed by atoms with Gasteiger partial charge in [0.05, 0.1) is 11.9 Å². The Hall–Kier alpha value is -3.27. The number of nitrogens with one attached hydrogen (secondary N) is 1. The highest BCUT2D eigenvalue weighted by Crippen LogP contribution is 2.36. The molecule has 0 saturated heterocycles. The van der Waals surface area contributed by atoms with E-state index in [1.807, 2.05) is 45.0 Å². The molecule has 1 heterocycles. The van der Waals surface area contributed by atoms with Crippen molar-refractivity contribution >= 4 is 27.5 Å². The minimum absolute atomic E-state index is 0.0452. The molecular weight excluding hydrogens is 470 g/mol. The smallest absolute Gasteiger partial charge is 0.244 e. The van der Waals surface area contributed by atoms with Crippen molar-refractivity contribution in [1.82, 2.24) is 10.2 Å². The number of anilines is 1. The van der Waals surface area contributed by atoms with Crippen molar-refractivity contribution in [2.45, 2.75) is 52.7 Å². The molecule has 190 valence electrons. The molecule has 0 fully saturated rings. The standard InChI is InChI=1S/C25H33N3O6S/c1-6-18(3)26-25(30)19(4)27(14-20-10-8-7-9-17(20)2)24(29)15-28(35(5,31)32)21-11-12-22-23(13-21)34-16-33-22/h7-13,18-19H,6,14-16H2,1-5H3,(H,26,30)/t18-,19-/m0/s1. The number of fused-ring (bicyclic) bond motifs is 1. The molecule has 35 heavy (non-hydrogen) atoms. The molecule has 1 aliphatic heterocycles. The molecule has 2 atom stereocenters. The largest absolute Gasteiger partial charge is 0.454 e. The molecule has 0 aromatic heterocycles. The Morgan fingerprint density at radius 1 is 1.09 bits per heavy atom. The number of carbonyl (C=O) groups is 2. The number of nitrogens with zero attached hydrogens (tertiary/aromatic N) is 2. The maximum Gasteiger partial charge on any atom is 0.244 e. The number of aryl methyl sites for hydroxylation is 1. The van der Waals surface area contributed by atoms with E-state index >= 15 is 0 Å². The fraction of sp³-hybridized carbons (Fsp3) is 0.440. The number of rotatable bonds is 10. The number of hydrogen-bond acceptors (Lipinski definition) is 6. The van der Waals surface area contributed by atoms with E-state index in [-0.39, 0.29) is 31.0 Å². The Kier molecular flexibility index (Phi) is 8.26. The zero-order chi connectivity index (χ0) is 25.8. The maximum absolute atomic E-state index is 13.6. The number of amides is 2. The topological polar surface area (TPSA) is 105 Å². The fourth-order valence-electron chi connectivity index (χ4n) is 3.67. The van der Waals surface area contributed by atoms with Gasteiger partial charge < -0.3 is 19.7 Å². The van der Waals surface area contributed by atoms with Crippen LogP contribution in [0.3, 0.4) is 0 Å². The van der Waals surface area contributed by atoms with Gasteiger partial charge in [0.1, 0.15) is 12.6 Å². The molecule has 0 radical (unpaired) electrons. The fourth-order valence-corrected chi connectivity index (χ4v) is 4.51. The Labute approximate surface area is 207 Å². The molecular formula is C25H33N3O6S. The lowest BCUT2D eigenvalue weighted by Crippen LogP contribution is -2.52. The summed E-state index contributed by atoms with van der Waals surface area (Å²) in [6, 6.07) is 11.4. The van der Waals surface area contributed by atoms with Crippen molar-refractivity contribution < 1.29 is 27.5 Å². The van der Waals surface area contributed by atoms with E-state index in [1.54, 1.807) is 19.1 Å². The zero-order valence-corrected chi connectivity index (χ0v) is 21.6. The van der Waals surface area contributed by atoms with E-state index in [0.29, 0.717) is 11.5 Å². The molecule has 0 bridgehead atoms. The highest BCUT2D eigenvalue weighted by molar-refractivity contribution is 7.92. The molecule has 2 amide bonds. The van der Waals surface area contributed by atoms with Crippen LogP contribution in [0.15, 0.2) is 42.5 Å². The van der Waals surface area contributed by atoms with E-state index in [9.17, 15) is 18.0 Å². The number of carbonyl (C=O) groups excluding carboxylic acids is 2. The van der Waals surface area contributed by atoms with E-state index in [0.717, 1.165) is 28.1 Å². The van der Waals surface area contributed by atoms with Crippen LogP contribution in [0.5, 0.6) is 11.5 Å². The van der Waals surface area contributed by atoms with Gasteiger partial charge in [-0.1, -0.05) is 31.2 Å². The van der Waals surface area contributed by atoms with Gasteiger partial charge in [-0.2, -0.15) is 0 Å². The quantitative estimate of drug-likeness (QED) is 0.535. The molecule has 1 aliphatic rings. The first-order valence-electron chi connectivity index (χ1n) is 11.5. The molecule has 0 spiro atoms. The highest BCUT2D eigenvalue weighted by Gasteiger charge is 2.31. The van der Waals surface area contributed by atoms with Crippen LogP contribution in [0, 0.1) is 6.92 Å². The summed E-state index contributed by atoms with van der Waals surface area (Å²) in [5.41, 5.74) is 2.12. The van der Waals surface area contributed by atoms with E-state index in [4.69, 9.17) is 9.47 Å². The first-order chi connectivity index (χ1) is 16.5. The van der Waals surface area contributed by atoms with Gasteiger partial charge in [0, 0.05) is 18.7 Å². The van der Waals surface area contributed by atoms with Crippen molar-refractivity contribution in [3.05, 3.63) is 53.6 Å². The molecule has 3 rings (SSSR count). The Balaban J connectivity index is 1.92. The lowest BCUT2D eigenvalue weighted by molar-refractivity contribution is -0.139. The molecule has 0 saturated carbocycles. The predicted octanol–water partition coefficient (Wildman–Crippen LogP) is 2.82. The van der Waals surface area contributed by atoms with E-state index < -0.39 is 28.5 Å². The van der Waals surface area contributed by atoms with Crippen LogP contribution in [0.2, 0.25) is 0 Å². The van der Waals surface area contributed by atoms with Crippen LogP contribution in [0.1, 0.15) is 38.3 Å². The summed E-state index contributed by atoms with van der Waals surface area (Å²) >= 11 is 0. The average molecular weight is 504 g/mol. The van der Waals surface area contributed by atoms with Crippen molar-refractivity contribution in [1.29, 1.82) is 0 Å². The third-order valence-corrected chi connectivity index (χ3v) is 7.23. The highest BCUT2D eigenvalue weighted by atomic mass is 32.2. The minimum Gasteiger partial charge on any atom is -0.454 e. The van der Waals surface area contributed by atoms with Gasteiger partial charge in [0.2, 0.25) is 28.6 Å². The summed E-state index contributed by atoms with van der Waals surface area (Å²) in [6.45, 7) is 7.18. The lowest BCUT2D eigenvalue weighted by Gasteiger charge is -2.32. The maximum atomic E-state index is 13.6. The second kappa shape index (κ2) is 11.0. The molecule has 0 aliphatic carbocycles. The van der Waals surface area contributed by atoms with Crippen LogP contribution in [0.4, 0.5) is 5.69 Å². The van der Waals surface area contributed by atoms with Gasteiger partial charge in [-0.3, -0.25) is 13.9 Å². The van der Waals surface area contributed by atoms with Gasteiger partial charge in [0.25, 0.3) is 0 Å². The molecule has 10 heteroatoms. The second-order valence-electron chi connectivity index (χ2n) is 8.75. The Morgan fingerprint density at radius 2 is 1.77 bits per heavy atom. The van der Waals surface area contributed by atoms with Crippen LogP contribution in [0.25, 0.3) is 0 Å². The summed E-state index contributed by atoms with van der Waals surface area (Å²) in [5.74, 6) is 0.116. The summed E-state index contributed by atoms with van der Waals surface area (Å²) in [4.78, 5) is 28.0. The molecule has 2 aromatic carbocycles. The number of sulfonamides is 1. The molecule has 0 unspecified atom stereocenters. The first kappa shape index (κ1) is 26.3. The summed E-state index contributed by atoms with van der Waals surface area (Å²) < 4.78 is 37.1. The SMILES string of the molecule is CC[C@H](C)NC(=O)[C@H](C)N(Cc1ccccc1C)C(=O)CN(c1ccc2c(c1)OCO2)S(C)(=O)=O. The van der Waals surface area contributed by atoms with Crippen molar-refractivity contribution in [3.63, 3.8) is 0 Å². The third kappa shape index (κ3) is 6.45. The number of hydrogen-bond donors (Lipinski definition) is 1. The normalized spacial score (nSPS) is 14.2. The van der Waals surface area contributed by atoms with Crippen LogP contribution in [-0.4, -0.2) is 56.8 Å². The van der Waals surface area contributed by atoms with Crippen LogP contribution in [-0.2, 0) is 26.2 Å². The second-order valence-corrected chi connectivity index (χ2v) is 10.7. The minimum atomic E-state index is -3.82. The zero-order valence-electron chi connectivity index (χ0n) is 20.8. The van der Waals surface area contributed by atoms with Gasteiger partial charge in [0.15, 0.2) is 11.5 Å². The Morgan fingerprint density at radius 3 is 2.43 bits per heavy atom. The van der Waals surface area contributed by atoms with Crippen LogP contribution < -0.4 is 19.1 Å². The van der Waals surface area contributed by atoms with E-state index in [2.05, 4.69) is 5.32 Å². The van der Waals surface area contributed by atoms with E-state index in [1.165, 1.54) is 11.0 Å². The monoisotopic (exact) mass is 503 g/mol. The molecule has 9 nitrogen and oxygen atoms in total. The van der Waals surface area contributed by atoms with Crippen molar-refractivity contribution in [2.75, 3.05) is 23.9 Å². The van der Waals surface area contributed by atoms with Gasteiger partial charge in [-0.15, -0.1) is 0 Å². The van der Waals surface area contributed by atoms with Gasteiger partial charge in [-0.05, 0) is 50.5 Å².